The summed E-state index contributed by atoms with van der Waals surface area (Å²) in [6.07, 6.45) is 0. The van der Waals surface area contributed by atoms with Gasteiger partial charge in [-0.05, 0) is 36.4 Å². The standard InChI is InChI=1S/C12H9Cl2FN2O2S/c13-7-1-3-8(4-2-7)17-20(18,19)12-6-11(16)10(15)5-9(12)14/h1-6,17H,16H2. The van der Waals surface area contributed by atoms with Gasteiger partial charge >= 0.3 is 0 Å². The second kappa shape index (κ2) is 5.47. The molecule has 0 saturated heterocycles. The molecule has 0 saturated carbocycles. The molecule has 0 heterocycles. The topological polar surface area (TPSA) is 72.2 Å². The van der Waals surface area contributed by atoms with E-state index >= 15 is 0 Å². The predicted molar refractivity (Wildman–Crippen MR) is 78.1 cm³/mol. The Hall–Kier alpha value is -1.50. The molecule has 2 rings (SSSR count). The number of benzene rings is 2. The minimum absolute atomic E-state index is 0.252. The molecule has 4 nitrogen and oxygen atoms in total. The highest BCUT2D eigenvalue weighted by atomic mass is 35.5. The summed E-state index contributed by atoms with van der Waals surface area (Å²) in [5.74, 6) is -0.777. The van der Waals surface area contributed by atoms with Crippen molar-refractivity contribution >= 4 is 44.6 Å². The first-order valence-electron chi connectivity index (χ1n) is 5.32. The maximum Gasteiger partial charge on any atom is 0.263 e. The smallest absolute Gasteiger partial charge is 0.263 e. The van der Waals surface area contributed by atoms with Crippen LogP contribution in [0.5, 0.6) is 0 Å². The highest BCUT2D eigenvalue weighted by Crippen LogP contribution is 2.28. The lowest BCUT2D eigenvalue weighted by Gasteiger charge is -2.10. The summed E-state index contributed by atoms with van der Waals surface area (Å²) in [6, 6.07) is 7.85. The van der Waals surface area contributed by atoms with Gasteiger partial charge in [0, 0.05) is 10.7 Å². The van der Waals surface area contributed by atoms with Crippen LogP contribution in [0.1, 0.15) is 0 Å². The lowest BCUT2D eigenvalue weighted by molar-refractivity contribution is 0.600. The normalized spacial score (nSPS) is 11.3. The molecule has 0 radical (unpaired) electrons. The van der Waals surface area contributed by atoms with E-state index in [0.717, 1.165) is 12.1 Å². The van der Waals surface area contributed by atoms with Gasteiger partial charge in [-0.3, -0.25) is 4.72 Å². The number of nitrogen functional groups attached to an aromatic ring is 1. The van der Waals surface area contributed by atoms with E-state index in [1.54, 1.807) is 0 Å². The first-order valence-corrected chi connectivity index (χ1v) is 7.56. The number of halogens is 3. The summed E-state index contributed by atoms with van der Waals surface area (Å²) in [6.45, 7) is 0. The fourth-order valence-corrected chi connectivity index (χ4v) is 3.21. The zero-order valence-corrected chi connectivity index (χ0v) is 12.2. The van der Waals surface area contributed by atoms with Crippen molar-refractivity contribution < 1.29 is 12.8 Å². The molecule has 2 aromatic carbocycles. The van der Waals surface area contributed by atoms with Gasteiger partial charge in [-0.1, -0.05) is 23.2 Å². The van der Waals surface area contributed by atoms with E-state index in [1.165, 1.54) is 24.3 Å². The fourth-order valence-electron chi connectivity index (χ4n) is 1.48. The summed E-state index contributed by atoms with van der Waals surface area (Å²) in [5, 5.41) is 0.218. The van der Waals surface area contributed by atoms with Gasteiger partial charge < -0.3 is 5.73 Å². The summed E-state index contributed by atoms with van der Waals surface area (Å²) >= 11 is 11.4. The van der Waals surface area contributed by atoms with E-state index < -0.39 is 15.8 Å². The van der Waals surface area contributed by atoms with Crippen LogP contribution in [-0.4, -0.2) is 8.42 Å². The van der Waals surface area contributed by atoms with E-state index in [-0.39, 0.29) is 15.6 Å². The van der Waals surface area contributed by atoms with Crippen LogP contribution < -0.4 is 10.5 Å². The average molecular weight is 335 g/mol. The highest BCUT2D eigenvalue weighted by molar-refractivity contribution is 7.92. The number of nitrogens with two attached hydrogens (primary N) is 1. The Bertz CT molecular complexity index is 749. The van der Waals surface area contributed by atoms with Crippen molar-refractivity contribution in [3.05, 3.63) is 52.3 Å². The van der Waals surface area contributed by atoms with Gasteiger partial charge in [-0.2, -0.15) is 0 Å². The van der Waals surface area contributed by atoms with E-state index in [1.807, 2.05) is 0 Å². The van der Waals surface area contributed by atoms with Crippen molar-refractivity contribution in [3.63, 3.8) is 0 Å². The Morgan fingerprint density at radius 2 is 1.70 bits per heavy atom. The number of hydrogen-bond donors (Lipinski definition) is 2. The van der Waals surface area contributed by atoms with E-state index in [2.05, 4.69) is 4.72 Å². The number of anilines is 2. The van der Waals surface area contributed by atoms with E-state index in [9.17, 15) is 12.8 Å². The SMILES string of the molecule is Nc1cc(S(=O)(=O)Nc2ccc(Cl)cc2)c(Cl)cc1F. The molecule has 0 aliphatic carbocycles. The maximum absolute atomic E-state index is 13.2. The Balaban J connectivity index is 2.40. The molecule has 0 spiro atoms. The van der Waals surface area contributed by atoms with Gasteiger partial charge in [-0.15, -0.1) is 0 Å². The zero-order chi connectivity index (χ0) is 14.9. The zero-order valence-electron chi connectivity index (χ0n) is 9.90. The summed E-state index contributed by atoms with van der Waals surface area (Å²) in [5.41, 5.74) is 5.36. The first-order chi connectivity index (χ1) is 9.29. The van der Waals surface area contributed by atoms with E-state index in [0.29, 0.717) is 10.7 Å². The van der Waals surface area contributed by atoms with Gasteiger partial charge in [0.05, 0.1) is 10.7 Å². The molecule has 0 aliphatic heterocycles. The molecule has 20 heavy (non-hydrogen) atoms. The number of hydrogen-bond acceptors (Lipinski definition) is 3. The molecule has 2 aromatic rings. The van der Waals surface area contributed by atoms with Gasteiger partial charge in [0.2, 0.25) is 0 Å². The summed E-state index contributed by atoms with van der Waals surface area (Å²) < 4.78 is 39.8. The highest BCUT2D eigenvalue weighted by Gasteiger charge is 2.20. The molecule has 0 fully saturated rings. The summed E-state index contributed by atoms with van der Waals surface area (Å²) in [4.78, 5) is -0.298. The van der Waals surface area contributed by atoms with Crippen LogP contribution in [-0.2, 0) is 10.0 Å². The molecule has 0 unspecified atom stereocenters. The minimum Gasteiger partial charge on any atom is -0.396 e. The molecular weight excluding hydrogens is 326 g/mol. The monoisotopic (exact) mass is 334 g/mol. The average Bonchev–Trinajstić information content (AvgIpc) is 2.36. The maximum atomic E-state index is 13.2. The molecule has 8 heteroatoms. The molecule has 106 valence electrons. The second-order valence-corrected chi connectivity index (χ2v) is 6.41. The quantitative estimate of drug-likeness (QED) is 0.843. The van der Waals surface area contributed by atoms with Gasteiger partial charge in [0.25, 0.3) is 10.0 Å². The number of nitrogens with one attached hydrogen (secondary N) is 1. The second-order valence-electron chi connectivity index (χ2n) is 3.92. The molecule has 0 aliphatic rings. The third-order valence-corrected chi connectivity index (χ3v) is 4.54. The first kappa shape index (κ1) is 14.9. The Morgan fingerprint density at radius 3 is 2.30 bits per heavy atom. The van der Waals surface area contributed by atoms with Crippen LogP contribution in [0.25, 0.3) is 0 Å². The molecule has 3 N–H and O–H groups in total. The van der Waals surface area contributed by atoms with Gasteiger partial charge in [0.1, 0.15) is 10.7 Å². The molecule has 0 bridgehead atoms. The lowest BCUT2D eigenvalue weighted by atomic mass is 10.3. The van der Waals surface area contributed by atoms with E-state index in [4.69, 9.17) is 28.9 Å². The van der Waals surface area contributed by atoms with Crippen LogP contribution in [0.4, 0.5) is 15.8 Å². The summed E-state index contributed by atoms with van der Waals surface area (Å²) in [7, 11) is -3.97. The fraction of sp³-hybridized carbons (Fsp3) is 0. The van der Waals surface area contributed by atoms with Crippen LogP contribution in [0.3, 0.4) is 0 Å². The van der Waals surface area contributed by atoms with Crippen molar-refractivity contribution in [2.45, 2.75) is 4.90 Å². The third kappa shape index (κ3) is 3.15. The molecular formula is C12H9Cl2FN2O2S. The Kier molecular flexibility index (Phi) is 4.08. The Labute approximate surface area is 125 Å². The largest absolute Gasteiger partial charge is 0.396 e. The van der Waals surface area contributed by atoms with Gasteiger partial charge in [-0.25, -0.2) is 12.8 Å². The molecule has 0 amide bonds. The minimum atomic E-state index is -3.97. The molecule has 0 atom stereocenters. The van der Waals surface area contributed by atoms with Crippen LogP contribution >= 0.6 is 23.2 Å². The molecule has 0 aromatic heterocycles. The Morgan fingerprint density at radius 1 is 1.10 bits per heavy atom. The predicted octanol–water partition coefficient (Wildman–Crippen LogP) is 3.52. The van der Waals surface area contributed by atoms with Gasteiger partial charge in [0.15, 0.2) is 0 Å². The lowest BCUT2D eigenvalue weighted by Crippen LogP contribution is -2.14. The van der Waals surface area contributed by atoms with Crippen molar-refractivity contribution in [1.29, 1.82) is 0 Å². The number of sulfonamides is 1. The van der Waals surface area contributed by atoms with Crippen LogP contribution in [0, 0.1) is 5.82 Å². The van der Waals surface area contributed by atoms with Crippen LogP contribution in [0.15, 0.2) is 41.3 Å². The van der Waals surface area contributed by atoms with Crippen molar-refractivity contribution in [2.24, 2.45) is 0 Å². The van der Waals surface area contributed by atoms with Crippen molar-refractivity contribution in [2.75, 3.05) is 10.5 Å². The van der Waals surface area contributed by atoms with Crippen LogP contribution in [0.2, 0.25) is 10.0 Å². The number of rotatable bonds is 3. The van der Waals surface area contributed by atoms with Crippen molar-refractivity contribution in [1.82, 2.24) is 0 Å². The third-order valence-electron chi connectivity index (χ3n) is 2.44. The van der Waals surface area contributed by atoms with Crippen molar-refractivity contribution in [3.8, 4) is 0 Å².